The second kappa shape index (κ2) is 4.40. The Morgan fingerprint density at radius 1 is 1.37 bits per heavy atom. The van der Waals surface area contributed by atoms with E-state index in [9.17, 15) is 9.59 Å². The number of oxazole rings is 1. The first-order chi connectivity index (χ1) is 9.13. The minimum Gasteiger partial charge on any atom is -0.408 e. The molecule has 6 nitrogen and oxygen atoms in total. The summed E-state index contributed by atoms with van der Waals surface area (Å²) in [5.74, 6) is -0.626. The number of anilines is 1. The molecule has 19 heavy (non-hydrogen) atoms. The van der Waals surface area contributed by atoms with Crippen molar-refractivity contribution in [1.82, 2.24) is 10.3 Å². The highest BCUT2D eigenvalue weighted by molar-refractivity contribution is 6.04. The predicted molar refractivity (Wildman–Crippen MR) is 71.0 cm³/mol. The third-order valence-electron chi connectivity index (χ3n) is 3.22. The molecule has 2 heterocycles. The molecule has 6 heteroatoms. The molecule has 1 fully saturated rings. The number of hydrogen-bond donors (Lipinski definition) is 3. The molecule has 0 bridgehead atoms. The first-order valence-corrected chi connectivity index (χ1v) is 5.97. The summed E-state index contributed by atoms with van der Waals surface area (Å²) in [6, 6.07) is 5.03. The van der Waals surface area contributed by atoms with Gasteiger partial charge in [0, 0.05) is 24.4 Å². The SMILES string of the molecule is CC(C(=O)Nc1ccc2oc(=O)[nH]c2c1)=C1CNC1. The van der Waals surface area contributed by atoms with E-state index in [1.54, 1.807) is 18.2 Å². The van der Waals surface area contributed by atoms with Crippen LogP contribution in [0, 0.1) is 0 Å². The third-order valence-corrected chi connectivity index (χ3v) is 3.22. The Labute approximate surface area is 108 Å². The molecule has 0 saturated carbocycles. The molecule has 1 aliphatic heterocycles. The van der Waals surface area contributed by atoms with Crippen molar-refractivity contribution in [2.24, 2.45) is 0 Å². The summed E-state index contributed by atoms with van der Waals surface area (Å²) in [6.07, 6.45) is 0. The van der Waals surface area contributed by atoms with Crippen molar-refractivity contribution in [2.45, 2.75) is 6.92 Å². The second-order valence-electron chi connectivity index (χ2n) is 4.51. The topological polar surface area (TPSA) is 87.1 Å². The number of H-pyrrole nitrogens is 1. The Balaban J connectivity index is 1.84. The Morgan fingerprint density at radius 3 is 2.84 bits per heavy atom. The maximum atomic E-state index is 12.0. The number of carbonyl (C=O) groups excluding carboxylic acids is 1. The van der Waals surface area contributed by atoms with Gasteiger partial charge in [0.05, 0.1) is 5.52 Å². The van der Waals surface area contributed by atoms with Crippen LogP contribution in [0.4, 0.5) is 5.69 Å². The molecule has 1 aromatic heterocycles. The van der Waals surface area contributed by atoms with E-state index in [-0.39, 0.29) is 5.91 Å². The lowest BCUT2D eigenvalue weighted by atomic mass is 10.0. The molecule has 1 aromatic carbocycles. The molecule has 3 N–H and O–H groups in total. The Morgan fingerprint density at radius 2 is 2.16 bits per heavy atom. The quantitative estimate of drug-likeness (QED) is 0.701. The van der Waals surface area contributed by atoms with E-state index in [0.29, 0.717) is 16.8 Å². The van der Waals surface area contributed by atoms with Gasteiger partial charge in [-0.2, -0.15) is 0 Å². The number of amides is 1. The monoisotopic (exact) mass is 259 g/mol. The van der Waals surface area contributed by atoms with Crippen LogP contribution in [0.1, 0.15) is 6.92 Å². The van der Waals surface area contributed by atoms with E-state index < -0.39 is 5.76 Å². The summed E-state index contributed by atoms with van der Waals surface area (Å²) in [5.41, 5.74) is 3.52. The van der Waals surface area contributed by atoms with Gasteiger partial charge >= 0.3 is 5.76 Å². The van der Waals surface area contributed by atoms with Crippen LogP contribution in [0.25, 0.3) is 11.1 Å². The number of rotatable bonds is 2. The maximum absolute atomic E-state index is 12.0. The lowest BCUT2D eigenvalue weighted by molar-refractivity contribution is -0.112. The van der Waals surface area contributed by atoms with Crippen molar-refractivity contribution in [2.75, 3.05) is 18.4 Å². The van der Waals surface area contributed by atoms with Gasteiger partial charge in [-0.3, -0.25) is 9.78 Å². The summed E-state index contributed by atoms with van der Waals surface area (Å²) < 4.78 is 4.90. The summed E-state index contributed by atoms with van der Waals surface area (Å²) in [6.45, 7) is 3.35. The van der Waals surface area contributed by atoms with E-state index >= 15 is 0 Å². The molecule has 0 spiro atoms. The van der Waals surface area contributed by atoms with Crippen LogP contribution in [0.15, 0.2) is 38.6 Å². The van der Waals surface area contributed by atoms with E-state index in [0.717, 1.165) is 24.2 Å². The van der Waals surface area contributed by atoms with Gasteiger partial charge in [0.1, 0.15) is 0 Å². The zero-order chi connectivity index (χ0) is 13.4. The lowest BCUT2D eigenvalue weighted by Crippen LogP contribution is -2.36. The summed E-state index contributed by atoms with van der Waals surface area (Å²) in [4.78, 5) is 25.6. The average molecular weight is 259 g/mol. The van der Waals surface area contributed by atoms with Crippen LogP contribution in [0.2, 0.25) is 0 Å². The van der Waals surface area contributed by atoms with E-state index in [1.165, 1.54) is 0 Å². The lowest BCUT2D eigenvalue weighted by Gasteiger charge is -2.21. The minimum absolute atomic E-state index is 0.123. The molecular formula is C13H13N3O3. The van der Waals surface area contributed by atoms with Gasteiger partial charge in [0.15, 0.2) is 5.58 Å². The zero-order valence-electron chi connectivity index (χ0n) is 10.4. The van der Waals surface area contributed by atoms with Crippen LogP contribution < -0.4 is 16.4 Å². The van der Waals surface area contributed by atoms with Gasteiger partial charge in [0.2, 0.25) is 0 Å². The molecule has 0 aliphatic carbocycles. The molecular weight excluding hydrogens is 246 g/mol. The van der Waals surface area contributed by atoms with Crippen molar-refractivity contribution in [3.05, 3.63) is 39.9 Å². The van der Waals surface area contributed by atoms with Crippen LogP contribution in [-0.4, -0.2) is 24.0 Å². The summed E-state index contributed by atoms with van der Waals surface area (Å²) in [5, 5.41) is 5.90. The molecule has 1 saturated heterocycles. The number of fused-ring (bicyclic) bond motifs is 1. The largest absolute Gasteiger partial charge is 0.417 e. The second-order valence-corrected chi connectivity index (χ2v) is 4.51. The van der Waals surface area contributed by atoms with Crippen LogP contribution in [0.3, 0.4) is 0 Å². The predicted octanol–water partition coefficient (Wildman–Crippen LogP) is 0.979. The first kappa shape index (κ1) is 11.7. The van der Waals surface area contributed by atoms with Gasteiger partial charge in [-0.25, -0.2) is 4.79 Å². The van der Waals surface area contributed by atoms with Crippen molar-refractivity contribution < 1.29 is 9.21 Å². The standard InChI is InChI=1S/C13H13N3O3/c1-7(8-5-14-6-8)12(17)15-9-2-3-11-10(4-9)16-13(18)19-11/h2-4,14H,5-6H2,1H3,(H,15,17)(H,16,18). The molecule has 2 aromatic rings. The fraction of sp³-hybridized carbons (Fsp3) is 0.231. The Kier molecular flexibility index (Phi) is 2.72. The van der Waals surface area contributed by atoms with Gasteiger partial charge < -0.3 is 15.1 Å². The molecule has 3 rings (SSSR count). The average Bonchev–Trinajstić information content (AvgIpc) is 2.66. The van der Waals surface area contributed by atoms with E-state index in [2.05, 4.69) is 15.6 Å². The van der Waals surface area contributed by atoms with Gasteiger partial charge in [-0.15, -0.1) is 0 Å². The first-order valence-electron chi connectivity index (χ1n) is 5.97. The Bertz CT molecular complexity index is 733. The van der Waals surface area contributed by atoms with Crippen molar-refractivity contribution in [3.8, 4) is 0 Å². The highest BCUT2D eigenvalue weighted by Crippen LogP contribution is 2.17. The summed E-state index contributed by atoms with van der Waals surface area (Å²) in [7, 11) is 0. The van der Waals surface area contributed by atoms with Gasteiger partial charge in [0.25, 0.3) is 5.91 Å². The molecule has 0 atom stereocenters. The van der Waals surface area contributed by atoms with Crippen molar-refractivity contribution >= 4 is 22.7 Å². The van der Waals surface area contributed by atoms with Crippen LogP contribution >= 0.6 is 0 Å². The number of hydrogen-bond acceptors (Lipinski definition) is 4. The van der Waals surface area contributed by atoms with E-state index in [1.807, 2.05) is 6.92 Å². The molecule has 0 unspecified atom stereocenters. The van der Waals surface area contributed by atoms with Gasteiger partial charge in [-0.05, 0) is 30.7 Å². The maximum Gasteiger partial charge on any atom is 0.417 e. The fourth-order valence-electron chi connectivity index (χ4n) is 1.93. The fourth-order valence-corrected chi connectivity index (χ4v) is 1.93. The molecule has 98 valence electrons. The number of aromatic amines is 1. The number of aromatic nitrogens is 1. The van der Waals surface area contributed by atoms with Crippen molar-refractivity contribution in [1.29, 1.82) is 0 Å². The molecule has 1 amide bonds. The smallest absolute Gasteiger partial charge is 0.408 e. The van der Waals surface area contributed by atoms with Gasteiger partial charge in [-0.1, -0.05) is 0 Å². The third kappa shape index (κ3) is 2.17. The summed E-state index contributed by atoms with van der Waals surface area (Å²) >= 11 is 0. The van der Waals surface area contributed by atoms with Crippen molar-refractivity contribution in [3.63, 3.8) is 0 Å². The van der Waals surface area contributed by atoms with E-state index in [4.69, 9.17) is 4.42 Å². The molecule has 0 radical (unpaired) electrons. The number of benzene rings is 1. The molecule has 1 aliphatic rings. The van der Waals surface area contributed by atoms with Crippen LogP contribution in [0.5, 0.6) is 0 Å². The number of carbonyl (C=O) groups is 1. The normalized spacial score (nSPS) is 14.3. The van der Waals surface area contributed by atoms with Crippen LogP contribution in [-0.2, 0) is 4.79 Å². The minimum atomic E-state index is -0.502. The zero-order valence-corrected chi connectivity index (χ0v) is 10.4. The Hall–Kier alpha value is -2.34. The highest BCUT2D eigenvalue weighted by atomic mass is 16.4. The highest BCUT2D eigenvalue weighted by Gasteiger charge is 2.16. The number of nitrogens with one attached hydrogen (secondary N) is 3.